The first-order chi connectivity index (χ1) is 10.2. The van der Waals surface area contributed by atoms with Gasteiger partial charge in [0.2, 0.25) is 0 Å². The van der Waals surface area contributed by atoms with Crippen LogP contribution in [0.1, 0.15) is 11.1 Å². The molecule has 1 N–H and O–H groups in total. The molecule has 0 aliphatic rings. The molecule has 0 aromatic heterocycles. The zero-order valence-electron chi connectivity index (χ0n) is 11.7. The highest BCUT2D eigenvalue weighted by atomic mass is 19.3. The summed E-state index contributed by atoms with van der Waals surface area (Å²) in [6.45, 7) is -1.62. The third-order valence-electron chi connectivity index (χ3n) is 2.89. The predicted molar refractivity (Wildman–Crippen MR) is 77.6 cm³/mol. The lowest BCUT2D eigenvalue weighted by atomic mass is 10.1. The molecule has 0 amide bonds. The fraction of sp³-hybridized carbons (Fsp3) is 0.250. The van der Waals surface area contributed by atoms with Gasteiger partial charge in [0, 0.05) is 25.4 Å². The summed E-state index contributed by atoms with van der Waals surface area (Å²) in [6.07, 6.45) is 0. The highest BCUT2D eigenvalue weighted by molar-refractivity contribution is 5.48. The van der Waals surface area contributed by atoms with Crippen molar-refractivity contribution in [1.82, 2.24) is 0 Å². The van der Waals surface area contributed by atoms with Crippen LogP contribution in [-0.4, -0.2) is 13.7 Å². The Kier molecular flexibility index (Phi) is 5.51. The van der Waals surface area contributed by atoms with E-state index in [4.69, 9.17) is 4.74 Å². The first-order valence-corrected chi connectivity index (χ1v) is 6.53. The van der Waals surface area contributed by atoms with Gasteiger partial charge in [0.1, 0.15) is 5.75 Å². The summed E-state index contributed by atoms with van der Waals surface area (Å²) in [5.41, 5.74) is 2.93. The average molecular weight is 293 g/mol. The number of methoxy groups -OCH3 is 1. The Hall–Kier alpha value is -2.14. The lowest BCUT2D eigenvalue weighted by Gasteiger charge is -2.10. The van der Waals surface area contributed by atoms with Crippen LogP contribution in [0, 0.1) is 0 Å². The van der Waals surface area contributed by atoms with Gasteiger partial charge in [-0.05, 0) is 23.3 Å². The van der Waals surface area contributed by atoms with Crippen LogP contribution in [0.2, 0.25) is 0 Å². The summed E-state index contributed by atoms with van der Waals surface area (Å²) in [7, 11) is 1.66. The van der Waals surface area contributed by atoms with Crippen LogP contribution in [0.25, 0.3) is 0 Å². The zero-order chi connectivity index (χ0) is 15.1. The smallest absolute Gasteiger partial charge is 0.387 e. The molecule has 2 aromatic rings. The standard InChI is InChI=1S/C16H17F2NO2/c1-20-11-13-7-5-12(6-8-13)10-19-14-3-2-4-15(9-14)21-16(17)18/h2-9,16,19H,10-11H2,1H3. The second kappa shape index (κ2) is 7.59. The van der Waals surface area contributed by atoms with Crippen molar-refractivity contribution < 1.29 is 18.3 Å². The molecule has 0 aliphatic carbocycles. The summed E-state index contributed by atoms with van der Waals surface area (Å²) >= 11 is 0. The lowest BCUT2D eigenvalue weighted by Crippen LogP contribution is -2.03. The Labute approximate surface area is 122 Å². The molecule has 112 valence electrons. The molecule has 0 unspecified atom stereocenters. The van der Waals surface area contributed by atoms with Gasteiger partial charge in [0.05, 0.1) is 6.61 Å². The first-order valence-electron chi connectivity index (χ1n) is 6.53. The Morgan fingerprint density at radius 2 is 1.76 bits per heavy atom. The molecule has 0 radical (unpaired) electrons. The highest BCUT2D eigenvalue weighted by Crippen LogP contribution is 2.20. The normalized spacial score (nSPS) is 10.7. The van der Waals surface area contributed by atoms with Crippen molar-refractivity contribution in [3.05, 3.63) is 59.7 Å². The van der Waals surface area contributed by atoms with Gasteiger partial charge >= 0.3 is 6.61 Å². The summed E-state index contributed by atoms with van der Waals surface area (Å²) in [6, 6.07) is 14.5. The van der Waals surface area contributed by atoms with E-state index in [-0.39, 0.29) is 5.75 Å². The van der Waals surface area contributed by atoms with Gasteiger partial charge in [-0.15, -0.1) is 0 Å². The van der Waals surface area contributed by atoms with E-state index in [2.05, 4.69) is 10.1 Å². The van der Waals surface area contributed by atoms with Gasteiger partial charge in [-0.1, -0.05) is 30.3 Å². The molecule has 0 heterocycles. The lowest BCUT2D eigenvalue weighted by molar-refractivity contribution is -0.0498. The average Bonchev–Trinajstić information content (AvgIpc) is 2.47. The van der Waals surface area contributed by atoms with E-state index in [1.807, 2.05) is 24.3 Å². The van der Waals surface area contributed by atoms with Crippen LogP contribution in [0.15, 0.2) is 48.5 Å². The number of benzene rings is 2. The molecule has 21 heavy (non-hydrogen) atoms. The van der Waals surface area contributed by atoms with Crippen molar-refractivity contribution in [3.8, 4) is 5.75 Å². The third-order valence-corrected chi connectivity index (χ3v) is 2.89. The number of hydrogen-bond donors (Lipinski definition) is 1. The largest absolute Gasteiger partial charge is 0.435 e. The predicted octanol–water partition coefficient (Wildman–Crippen LogP) is 4.05. The maximum atomic E-state index is 12.2. The monoisotopic (exact) mass is 293 g/mol. The Morgan fingerprint density at radius 3 is 2.43 bits per heavy atom. The fourth-order valence-electron chi connectivity index (χ4n) is 1.91. The van der Waals surface area contributed by atoms with E-state index in [0.717, 1.165) is 16.8 Å². The van der Waals surface area contributed by atoms with Gasteiger partial charge in [-0.3, -0.25) is 0 Å². The Morgan fingerprint density at radius 1 is 1.05 bits per heavy atom. The number of ether oxygens (including phenoxy) is 2. The third kappa shape index (κ3) is 5.04. The minimum atomic E-state index is -2.81. The van der Waals surface area contributed by atoms with Gasteiger partial charge in [0.15, 0.2) is 0 Å². The van der Waals surface area contributed by atoms with Crippen LogP contribution in [-0.2, 0) is 17.9 Å². The number of hydrogen-bond acceptors (Lipinski definition) is 3. The van der Waals surface area contributed by atoms with Crippen LogP contribution < -0.4 is 10.1 Å². The van der Waals surface area contributed by atoms with E-state index < -0.39 is 6.61 Å². The van der Waals surface area contributed by atoms with Crippen molar-refractivity contribution in [3.63, 3.8) is 0 Å². The molecule has 0 spiro atoms. The van der Waals surface area contributed by atoms with E-state index in [1.165, 1.54) is 6.07 Å². The Balaban J connectivity index is 1.93. The van der Waals surface area contributed by atoms with Crippen LogP contribution in [0.5, 0.6) is 5.75 Å². The molecule has 0 fully saturated rings. The first kappa shape index (κ1) is 15.3. The minimum absolute atomic E-state index is 0.144. The molecule has 0 atom stereocenters. The van der Waals surface area contributed by atoms with Gasteiger partial charge in [0.25, 0.3) is 0 Å². The molecule has 0 aliphatic heterocycles. The number of anilines is 1. The SMILES string of the molecule is COCc1ccc(CNc2cccc(OC(F)F)c2)cc1. The van der Waals surface area contributed by atoms with E-state index in [9.17, 15) is 8.78 Å². The number of alkyl halides is 2. The van der Waals surface area contributed by atoms with Gasteiger partial charge in [-0.25, -0.2) is 0 Å². The van der Waals surface area contributed by atoms with Crippen molar-refractivity contribution >= 4 is 5.69 Å². The second-order valence-electron chi connectivity index (χ2n) is 4.51. The molecule has 0 saturated carbocycles. The molecule has 5 heteroatoms. The number of halogens is 2. The molecule has 0 bridgehead atoms. The topological polar surface area (TPSA) is 30.5 Å². The summed E-state index contributed by atoms with van der Waals surface area (Å²) in [5, 5.41) is 3.17. The maximum absolute atomic E-state index is 12.2. The van der Waals surface area contributed by atoms with Crippen LogP contribution >= 0.6 is 0 Å². The van der Waals surface area contributed by atoms with Crippen molar-refractivity contribution in [1.29, 1.82) is 0 Å². The molecular formula is C16H17F2NO2. The highest BCUT2D eigenvalue weighted by Gasteiger charge is 2.04. The summed E-state index contributed by atoms with van der Waals surface area (Å²) in [4.78, 5) is 0. The van der Waals surface area contributed by atoms with Gasteiger partial charge < -0.3 is 14.8 Å². The van der Waals surface area contributed by atoms with Crippen LogP contribution in [0.4, 0.5) is 14.5 Å². The quantitative estimate of drug-likeness (QED) is 0.835. The molecule has 3 nitrogen and oxygen atoms in total. The van der Waals surface area contributed by atoms with E-state index in [0.29, 0.717) is 13.2 Å². The maximum Gasteiger partial charge on any atom is 0.387 e. The molecule has 2 aromatic carbocycles. The van der Waals surface area contributed by atoms with Crippen molar-refractivity contribution in [2.24, 2.45) is 0 Å². The molecular weight excluding hydrogens is 276 g/mol. The van der Waals surface area contributed by atoms with Crippen LogP contribution in [0.3, 0.4) is 0 Å². The van der Waals surface area contributed by atoms with E-state index in [1.54, 1.807) is 25.3 Å². The van der Waals surface area contributed by atoms with Gasteiger partial charge in [-0.2, -0.15) is 8.78 Å². The summed E-state index contributed by atoms with van der Waals surface area (Å²) < 4.78 is 33.7. The number of nitrogens with one attached hydrogen (secondary N) is 1. The Bertz CT molecular complexity index is 558. The zero-order valence-corrected chi connectivity index (χ0v) is 11.7. The molecule has 2 rings (SSSR count). The van der Waals surface area contributed by atoms with Crippen molar-refractivity contribution in [2.45, 2.75) is 19.8 Å². The molecule has 0 saturated heterocycles. The second-order valence-corrected chi connectivity index (χ2v) is 4.51. The summed E-state index contributed by atoms with van der Waals surface area (Å²) in [5.74, 6) is 0.144. The minimum Gasteiger partial charge on any atom is -0.435 e. The number of rotatable bonds is 7. The van der Waals surface area contributed by atoms with Crippen molar-refractivity contribution in [2.75, 3.05) is 12.4 Å². The van der Waals surface area contributed by atoms with E-state index >= 15 is 0 Å². The fourth-order valence-corrected chi connectivity index (χ4v) is 1.91.